The molecule has 4 heteroatoms. The third-order valence-electron chi connectivity index (χ3n) is 3.57. The molecule has 3 nitrogen and oxygen atoms in total. The van der Waals surface area contributed by atoms with Crippen LogP contribution in [0.2, 0.25) is 0 Å². The number of rotatable bonds is 4. The van der Waals surface area contributed by atoms with Crippen LogP contribution in [0.25, 0.3) is 0 Å². The van der Waals surface area contributed by atoms with E-state index in [-0.39, 0.29) is 5.82 Å². The third-order valence-corrected chi connectivity index (χ3v) is 3.57. The van der Waals surface area contributed by atoms with Crippen molar-refractivity contribution < 1.29 is 9.13 Å². The second kappa shape index (κ2) is 6.16. The van der Waals surface area contributed by atoms with Crippen LogP contribution in [-0.2, 0) is 11.2 Å². The molecule has 1 saturated heterocycles. The van der Waals surface area contributed by atoms with E-state index in [0.717, 1.165) is 43.6 Å². The molecule has 0 bridgehead atoms. The SMILES string of the molecule is COC1CCN(c2ccc(F)cc2CCN)CC1. The minimum absolute atomic E-state index is 0.186. The summed E-state index contributed by atoms with van der Waals surface area (Å²) in [7, 11) is 1.76. The Labute approximate surface area is 108 Å². The number of nitrogens with zero attached hydrogens (tertiary/aromatic N) is 1. The second-order valence-corrected chi connectivity index (χ2v) is 4.73. The first-order valence-electron chi connectivity index (χ1n) is 6.51. The van der Waals surface area contributed by atoms with Crippen molar-refractivity contribution in [2.75, 3.05) is 31.6 Å². The topological polar surface area (TPSA) is 38.5 Å². The Morgan fingerprint density at radius 3 is 2.72 bits per heavy atom. The van der Waals surface area contributed by atoms with E-state index in [2.05, 4.69) is 4.90 Å². The largest absolute Gasteiger partial charge is 0.381 e. The smallest absolute Gasteiger partial charge is 0.123 e. The summed E-state index contributed by atoms with van der Waals surface area (Å²) < 4.78 is 18.6. The van der Waals surface area contributed by atoms with Gasteiger partial charge in [0.15, 0.2) is 0 Å². The van der Waals surface area contributed by atoms with E-state index >= 15 is 0 Å². The number of methoxy groups -OCH3 is 1. The molecule has 0 atom stereocenters. The van der Waals surface area contributed by atoms with E-state index < -0.39 is 0 Å². The molecular weight excluding hydrogens is 231 g/mol. The molecule has 1 aromatic rings. The van der Waals surface area contributed by atoms with Crippen molar-refractivity contribution >= 4 is 5.69 Å². The van der Waals surface area contributed by atoms with Crippen LogP contribution in [-0.4, -0.2) is 32.8 Å². The van der Waals surface area contributed by atoms with Crippen molar-refractivity contribution in [3.63, 3.8) is 0 Å². The molecule has 0 saturated carbocycles. The first-order valence-corrected chi connectivity index (χ1v) is 6.51. The molecule has 0 spiro atoms. The van der Waals surface area contributed by atoms with Crippen molar-refractivity contribution in [1.82, 2.24) is 0 Å². The number of anilines is 1. The molecule has 0 unspecified atom stereocenters. The van der Waals surface area contributed by atoms with Gasteiger partial charge >= 0.3 is 0 Å². The van der Waals surface area contributed by atoms with Gasteiger partial charge in [-0.25, -0.2) is 4.39 Å². The number of ether oxygens (including phenoxy) is 1. The summed E-state index contributed by atoms with van der Waals surface area (Å²) >= 11 is 0. The number of halogens is 1. The Morgan fingerprint density at radius 1 is 1.39 bits per heavy atom. The molecule has 1 aliphatic rings. The van der Waals surface area contributed by atoms with Crippen LogP contribution in [0.1, 0.15) is 18.4 Å². The number of benzene rings is 1. The summed E-state index contributed by atoms with van der Waals surface area (Å²) in [5.41, 5.74) is 7.72. The van der Waals surface area contributed by atoms with Crippen molar-refractivity contribution in [1.29, 1.82) is 0 Å². The molecule has 18 heavy (non-hydrogen) atoms. The lowest BCUT2D eigenvalue weighted by Crippen LogP contribution is -2.37. The van der Waals surface area contributed by atoms with Crippen LogP contribution < -0.4 is 10.6 Å². The van der Waals surface area contributed by atoms with Gasteiger partial charge in [0.25, 0.3) is 0 Å². The first kappa shape index (κ1) is 13.3. The van der Waals surface area contributed by atoms with Crippen molar-refractivity contribution in [2.45, 2.75) is 25.4 Å². The van der Waals surface area contributed by atoms with Gasteiger partial charge in [-0.2, -0.15) is 0 Å². The van der Waals surface area contributed by atoms with Crippen LogP contribution in [0.3, 0.4) is 0 Å². The molecule has 1 heterocycles. The molecule has 1 aromatic carbocycles. The van der Waals surface area contributed by atoms with Gasteiger partial charge in [0.05, 0.1) is 6.10 Å². The quantitative estimate of drug-likeness (QED) is 0.890. The van der Waals surface area contributed by atoms with Crippen LogP contribution in [0, 0.1) is 5.82 Å². The maximum Gasteiger partial charge on any atom is 0.123 e. The zero-order valence-corrected chi connectivity index (χ0v) is 10.9. The van der Waals surface area contributed by atoms with E-state index in [1.54, 1.807) is 13.2 Å². The molecule has 0 aliphatic carbocycles. The van der Waals surface area contributed by atoms with Gasteiger partial charge in [0, 0.05) is 25.9 Å². The van der Waals surface area contributed by atoms with Gasteiger partial charge in [-0.3, -0.25) is 0 Å². The summed E-state index contributed by atoms with van der Waals surface area (Å²) in [5, 5.41) is 0. The predicted octanol–water partition coefficient (Wildman–Crippen LogP) is 1.94. The first-order chi connectivity index (χ1) is 8.74. The van der Waals surface area contributed by atoms with Gasteiger partial charge in [-0.1, -0.05) is 0 Å². The highest BCUT2D eigenvalue weighted by Crippen LogP contribution is 2.26. The molecule has 2 N–H and O–H groups in total. The molecular formula is C14H21FN2O. The summed E-state index contributed by atoms with van der Waals surface area (Å²) in [4.78, 5) is 2.31. The third kappa shape index (κ3) is 3.00. The zero-order valence-electron chi connectivity index (χ0n) is 10.9. The maximum absolute atomic E-state index is 13.3. The van der Waals surface area contributed by atoms with Crippen LogP contribution >= 0.6 is 0 Å². The average Bonchev–Trinajstić information content (AvgIpc) is 2.40. The Morgan fingerprint density at radius 2 is 2.11 bits per heavy atom. The molecule has 1 aliphatic heterocycles. The van der Waals surface area contributed by atoms with E-state index in [9.17, 15) is 4.39 Å². The lowest BCUT2D eigenvalue weighted by molar-refractivity contribution is 0.0819. The van der Waals surface area contributed by atoms with Crippen molar-refractivity contribution in [2.24, 2.45) is 5.73 Å². The van der Waals surface area contributed by atoms with Gasteiger partial charge in [-0.05, 0) is 49.6 Å². The molecule has 2 rings (SSSR count). The Bertz CT molecular complexity index is 389. The van der Waals surface area contributed by atoms with Crippen LogP contribution in [0.4, 0.5) is 10.1 Å². The van der Waals surface area contributed by atoms with E-state index in [0.29, 0.717) is 12.6 Å². The molecule has 0 radical (unpaired) electrons. The van der Waals surface area contributed by atoms with E-state index in [1.165, 1.54) is 6.07 Å². The maximum atomic E-state index is 13.3. The highest BCUT2D eigenvalue weighted by atomic mass is 19.1. The van der Waals surface area contributed by atoms with Crippen molar-refractivity contribution in [3.05, 3.63) is 29.6 Å². The fraction of sp³-hybridized carbons (Fsp3) is 0.571. The lowest BCUT2D eigenvalue weighted by atomic mass is 10.0. The number of piperidine rings is 1. The standard InChI is InChI=1S/C14H21FN2O/c1-18-13-5-8-17(9-6-13)14-3-2-12(15)10-11(14)4-7-16/h2-3,10,13H,4-9,16H2,1H3. The van der Waals surface area contributed by atoms with Crippen molar-refractivity contribution in [3.8, 4) is 0 Å². The minimum atomic E-state index is -0.186. The highest BCUT2D eigenvalue weighted by molar-refractivity contribution is 5.54. The molecule has 1 fully saturated rings. The van der Waals surface area contributed by atoms with Gasteiger partial charge in [0.1, 0.15) is 5.82 Å². The molecule has 100 valence electrons. The van der Waals surface area contributed by atoms with Gasteiger partial charge < -0.3 is 15.4 Å². The second-order valence-electron chi connectivity index (χ2n) is 4.73. The fourth-order valence-electron chi connectivity index (χ4n) is 2.55. The monoisotopic (exact) mass is 252 g/mol. The Hall–Kier alpha value is -1.13. The summed E-state index contributed by atoms with van der Waals surface area (Å²) in [6, 6.07) is 5.00. The number of hydrogen-bond donors (Lipinski definition) is 1. The van der Waals surface area contributed by atoms with E-state index in [1.807, 2.05) is 6.07 Å². The normalized spacial score (nSPS) is 17.2. The Kier molecular flexibility index (Phi) is 4.55. The van der Waals surface area contributed by atoms with Gasteiger partial charge in [-0.15, -0.1) is 0 Å². The summed E-state index contributed by atoms with van der Waals surface area (Å²) in [6.45, 7) is 2.47. The fourth-order valence-corrected chi connectivity index (χ4v) is 2.55. The molecule has 0 aromatic heterocycles. The lowest BCUT2D eigenvalue weighted by Gasteiger charge is -2.34. The highest BCUT2D eigenvalue weighted by Gasteiger charge is 2.20. The summed E-state index contributed by atoms with van der Waals surface area (Å²) in [5.74, 6) is -0.186. The van der Waals surface area contributed by atoms with Crippen LogP contribution in [0.5, 0.6) is 0 Å². The predicted molar refractivity (Wildman–Crippen MR) is 71.4 cm³/mol. The number of nitrogens with two attached hydrogens (primary N) is 1. The Balaban J connectivity index is 2.13. The molecule has 0 amide bonds. The van der Waals surface area contributed by atoms with E-state index in [4.69, 9.17) is 10.5 Å². The number of hydrogen-bond acceptors (Lipinski definition) is 3. The zero-order chi connectivity index (χ0) is 13.0. The minimum Gasteiger partial charge on any atom is -0.381 e. The van der Waals surface area contributed by atoms with Gasteiger partial charge in [0.2, 0.25) is 0 Å². The van der Waals surface area contributed by atoms with Crippen LogP contribution in [0.15, 0.2) is 18.2 Å². The summed E-state index contributed by atoms with van der Waals surface area (Å²) in [6.07, 6.45) is 3.13. The average molecular weight is 252 g/mol.